The quantitative estimate of drug-likeness (QED) is 0.844. The predicted molar refractivity (Wildman–Crippen MR) is 73.8 cm³/mol. The van der Waals surface area contributed by atoms with Crippen molar-refractivity contribution in [3.8, 4) is 11.5 Å². The summed E-state index contributed by atoms with van der Waals surface area (Å²) in [5.74, 6) is 1.70. The zero-order valence-electron chi connectivity index (χ0n) is 10.8. The third kappa shape index (κ3) is 1.73. The number of hydrogen-bond acceptors (Lipinski definition) is 3. The van der Waals surface area contributed by atoms with Crippen LogP contribution >= 0.6 is 0 Å². The average molecular weight is 253 g/mol. The van der Waals surface area contributed by atoms with Gasteiger partial charge in [0.05, 0.1) is 6.04 Å². The van der Waals surface area contributed by atoms with Crippen LogP contribution < -0.4 is 14.8 Å². The molecule has 0 bridgehead atoms. The van der Waals surface area contributed by atoms with Crippen molar-refractivity contribution < 1.29 is 9.47 Å². The van der Waals surface area contributed by atoms with Crippen molar-refractivity contribution in [2.45, 2.75) is 19.4 Å². The van der Waals surface area contributed by atoms with Crippen molar-refractivity contribution in [3.63, 3.8) is 0 Å². The lowest BCUT2D eigenvalue weighted by Gasteiger charge is -2.12. The zero-order chi connectivity index (χ0) is 12.8. The summed E-state index contributed by atoms with van der Waals surface area (Å²) in [5, 5.41) is 3.57. The molecular formula is C16H15NO2. The van der Waals surface area contributed by atoms with E-state index in [2.05, 4.69) is 42.6 Å². The van der Waals surface area contributed by atoms with Crippen LogP contribution in [0.4, 0.5) is 5.69 Å². The van der Waals surface area contributed by atoms with Crippen LogP contribution in [0, 0.1) is 6.92 Å². The summed E-state index contributed by atoms with van der Waals surface area (Å²) < 4.78 is 10.8. The van der Waals surface area contributed by atoms with Crippen LogP contribution in [0.3, 0.4) is 0 Å². The summed E-state index contributed by atoms with van der Waals surface area (Å²) in [7, 11) is 0. The summed E-state index contributed by atoms with van der Waals surface area (Å²) in [5.41, 5.74) is 5.20. The monoisotopic (exact) mass is 253 g/mol. The number of aryl methyl sites for hydroxylation is 1. The molecule has 0 aromatic heterocycles. The molecule has 2 aromatic rings. The van der Waals surface area contributed by atoms with Gasteiger partial charge in [0, 0.05) is 5.69 Å². The highest BCUT2D eigenvalue weighted by molar-refractivity contribution is 5.60. The molecule has 0 aliphatic carbocycles. The van der Waals surface area contributed by atoms with E-state index in [0.29, 0.717) is 12.8 Å². The maximum absolute atomic E-state index is 5.44. The van der Waals surface area contributed by atoms with Gasteiger partial charge in [-0.15, -0.1) is 0 Å². The fraction of sp³-hybridized carbons (Fsp3) is 0.250. The Morgan fingerprint density at radius 1 is 1.05 bits per heavy atom. The highest BCUT2D eigenvalue weighted by Gasteiger charge is 2.24. The molecule has 19 heavy (non-hydrogen) atoms. The largest absolute Gasteiger partial charge is 0.454 e. The Kier molecular flexibility index (Phi) is 2.21. The van der Waals surface area contributed by atoms with E-state index in [9.17, 15) is 0 Å². The summed E-state index contributed by atoms with van der Waals surface area (Å²) >= 11 is 0. The summed E-state index contributed by atoms with van der Waals surface area (Å²) in [6.45, 7) is 2.46. The van der Waals surface area contributed by atoms with Crippen LogP contribution in [-0.2, 0) is 6.42 Å². The molecule has 2 aliphatic rings. The molecule has 4 rings (SSSR count). The van der Waals surface area contributed by atoms with Gasteiger partial charge in [0.15, 0.2) is 11.5 Å². The van der Waals surface area contributed by atoms with E-state index in [-0.39, 0.29) is 0 Å². The van der Waals surface area contributed by atoms with E-state index >= 15 is 0 Å². The lowest BCUT2D eigenvalue weighted by atomic mass is 10.0. The molecule has 0 saturated heterocycles. The minimum Gasteiger partial charge on any atom is -0.454 e. The van der Waals surface area contributed by atoms with Crippen LogP contribution in [0.25, 0.3) is 0 Å². The molecule has 0 saturated carbocycles. The van der Waals surface area contributed by atoms with E-state index < -0.39 is 0 Å². The van der Waals surface area contributed by atoms with Gasteiger partial charge in [0.1, 0.15) is 0 Å². The van der Waals surface area contributed by atoms with Crippen LogP contribution in [0.15, 0.2) is 36.4 Å². The maximum Gasteiger partial charge on any atom is 0.231 e. The Bertz CT molecular complexity index is 651. The zero-order valence-corrected chi connectivity index (χ0v) is 10.8. The van der Waals surface area contributed by atoms with E-state index in [1.54, 1.807) is 0 Å². The van der Waals surface area contributed by atoms with Crippen molar-refractivity contribution in [1.82, 2.24) is 0 Å². The van der Waals surface area contributed by atoms with E-state index in [4.69, 9.17) is 9.47 Å². The van der Waals surface area contributed by atoms with Gasteiger partial charge in [-0.05, 0) is 42.7 Å². The summed E-state index contributed by atoms with van der Waals surface area (Å²) in [6.07, 6.45) is 1.02. The smallest absolute Gasteiger partial charge is 0.231 e. The van der Waals surface area contributed by atoms with Crippen molar-refractivity contribution in [2.24, 2.45) is 0 Å². The molecule has 3 nitrogen and oxygen atoms in total. The lowest BCUT2D eigenvalue weighted by molar-refractivity contribution is 0.174. The SMILES string of the molecule is Cc1ccc2c(c1)CC(c1ccc3c(c1)OCO3)N2. The summed E-state index contributed by atoms with van der Waals surface area (Å²) in [4.78, 5) is 0. The van der Waals surface area contributed by atoms with Gasteiger partial charge < -0.3 is 14.8 Å². The van der Waals surface area contributed by atoms with Crippen LogP contribution in [-0.4, -0.2) is 6.79 Å². The minimum atomic E-state index is 0.325. The number of ether oxygens (including phenoxy) is 2. The molecule has 2 aliphatic heterocycles. The standard InChI is InChI=1S/C16H15NO2/c1-10-2-4-13-12(6-10)7-14(17-13)11-3-5-15-16(8-11)19-9-18-15/h2-6,8,14,17H,7,9H2,1H3. The van der Waals surface area contributed by atoms with Gasteiger partial charge in [-0.3, -0.25) is 0 Å². The van der Waals surface area contributed by atoms with E-state index in [1.165, 1.54) is 22.4 Å². The lowest BCUT2D eigenvalue weighted by Crippen LogP contribution is -2.05. The first-order valence-electron chi connectivity index (χ1n) is 6.55. The fourth-order valence-electron chi connectivity index (χ4n) is 2.82. The number of anilines is 1. The van der Waals surface area contributed by atoms with Crippen LogP contribution in [0.2, 0.25) is 0 Å². The Hall–Kier alpha value is -2.16. The summed E-state index contributed by atoms with van der Waals surface area (Å²) in [6, 6.07) is 13.1. The third-order valence-electron chi connectivity index (χ3n) is 3.81. The normalized spacial score (nSPS) is 19.1. The Labute approximate surface area is 112 Å². The maximum atomic E-state index is 5.44. The second kappa shape index (κ2) is 3.92. The Balaban J connectivity index is 1.65. The molecule has 3 heteroatoms. The van der Waals surface area contributed by atoms with Crippen LogP contribution in [0.1, 0.15) is 22.7 Å². The number of hydrogen-bond donors (Lipinski definition) is 1. The van der Waals surface area contributed by atoms with Crippen molar-refractivity contribution in [3.05, 3.63) is 53.1 Å². The molecule has 1 N–H and O–H groups in total. The highest BCUT2D eigenvalue weighted by atomic mass is 16.7. The van der Waals surface area contributed by atoms with Crippen molar-refractivity contribution >= 4 is 5.69 Å². The predicted octanol–water partition coefficient (Wildman–Crippen LogP) is 3.43. The first-order chi connectivity index (χ1) is 9.29. The topological polar surface area (TPSA) is 30.5 Å². The molecule has 1 atom stereocenters. The molecule has 2 aromatic carbocycles. The van der Waals surface area contributed by atoms with Crippen molar-refractivity contribution in [2.75, 3.05) is 12.1 Å². The number of fused-ring (bicyclic) bond motifs is 2. The molecule has 0 fully saturated rings. The first kappa shape index (κ1) is 10.7. The number of rotatable bonds is 1. The molecule has 1 unspecified atom stereocenters. The van der Waals surface area contributed by atoms with Gasteiger partial charge in [-0.2, -0.15) is 0 Å². The highest BCUT2D eigenvalue weighted by Crippen LogP contribution is 2.39. The van der Waals surface area contributed by atoms with Gasteiger partial charge in [-0.25, -0.2) is 0 Å². The van der Waals surface area contributed by atoms with E-state index in [1.807, 2.05) is 6.07 Å². The minimum absolute atomic E-state index is 0.325. The van der Waals surface area contributed by atoms with E-state index in [0.717, 1.165) is 17.9 Å². The third-order valence-corrected chi connectivity index (χ3v) is 3.81. The van der Waals surface area contributed by atoms with Gasteiger partial charge >= 0.3 is 0 Å². The van der Waals surface area contributed by atoms with Gasteiger partial charge in [0.2, 0.25) is 6.79 Å². The molecule has 0 spiro atoms. The second-order valence-electron chi connectivity index (χ2n) is 5.17. The molecule has 96 valence electrons. The Morgan fingerprint density at radius 2 is 1.95 bits per heavy atom. The first-order valence-corrected chi connectivity index (χ1v) is 6.55. The molecule has 2 heterocycles. The molecule has 0 radical (unpaired) electrons. The number of nitrogens with one attached hydrogen (secondary N) is 1. The number of benzene rings is 2. The van der Waals surface area contributed by atoms with Gasteiger partial charge in [0.25, 0.3) is 0 Å². The van der Waals surface area contributed by atoms with Crippen LogP contribution in [0.5, 0.6) is 11.5 Å². The van der Waals surface area contributed by atoms with Crippen molar-refractivity contribution in [1.29, 1.82) is 0 Å². The molecular weight excluding hydrogens is 238 g/mol. The Morgan fingerprint density at radius 3 is 2.89 bits per heavy atom. The fourth-order valence-corrected chi connectivity index (χ4v) is 2.82. The average Bonchev–Trinajstić information content (AvgIpc) is 3.02. The van der Waals surface area contributed by atoms with Gasteiger partial charge in [-0.1, -0.05) is 23.8 Å². The molecule has 0 amide bonds. The second-order valence-corrected chi connectivity index (χ2v) is 5.17.